The first kappa shape index (κ1) is 14.3. The highest BCUT2D eigenvalue weighted by Crippen LogP contribution is 2.29. The SMILES string of the molecule is CC1(CNCc2cc(Br)ccc2Cl)CCOCC1. The van der Waals surface area contributed by atoms with Gasteiger partial charge >= 0.3 is 0 Å². The van der Waals surface area contributed by atoms with E-state index in [-0.39, 0.29) is 0 Å². The van der Waals surface area contributed by atoms with E-state index in [1.54, 1.807) is 0 Å². The normalized spacial score (nSPS) is 18.8. The predicted molar refractivity (Wildman–Crippen MR) is 79.0 cm³/mol. The highest BCUT2D eigenvalue weighted by molar-refractivity contribution is 9.10. The lowest BCUT2D eigenvalue weighted by atomic mass is 9.82. The first-order valence-corrected chi connectivity index (χ1v) is 7.49. The fourth-order valence-electron chi connectivity index (χ4n) is 2.22. The molecule has 100 valence electrons. The van der Waals surface area contributed by atoms with Gasteiger partial charge in [0.1, 0.15) is 0 Å². The molecule has 2 nitrogen and oxygen atoms in total. The second-order valence-corrected chi connectivity index (χ2v) is 6.59. The zero-order chi connectivity index (χ0) is 13.0. The van der Waals surface area contributed by atoms with E-state index in [1.807, 2.05) is 12.1 Å². The van der Waals surface area contributed by atoms with Gasteiger partial charge in [-0.15, -0.1) is 0 Å². The van der Waals surface area contributed by atoms with Crippen LogP contribution < -0.4 is 5.32 Å². The molecular weight excluding hydrogens is 314 g/mol. The average molecular weight is 333 g/mol. The van der Waals surface area contributed by atoms with Crippen LogP contribution in [0.4, 0.5) is 0 Å². The summed E-state index contributed by atoms with van der Waals surface area (Å²) in [6.45, 7) is 5.92. The fourth-order valence-corrected chi connectivity index (χ4v) is 2.81. The second-order valence-electron chi connectivity index (χ2n) is 5.26. The van der Waals surface area contributed by atoms with Crippen molar-refractivity contribution in [1.29, 1.82) is 0 Å². The van der Waals surface area contributed by atoms with E-state index >= 15 is 0 Å². The summed E-state index contributed by atoms with van der Waals surface area (Å²) < 4.78 is 6.48. The Balaban J connectivity index is 1.86. The summed E-state index contributed by atoms with van der Waals surface area (Å²) in [5, 5.41) is 4.34. The molecule has 1 aliphatic rings. The van der Waals surface area contributed by atoms with Crippen molar-refractivity contribution in [3.05, 3.63) is 33.3 Å². The molecule has 1 saturated heterocycles. The van der Waals surface area contributed by atoms with Crippen LogP contribution in [-0.2, 0) is 11.3 Å². The quantitative estimate of drug-likeness (QED) is 0.899. The summed E-state index contributed by atoms with van der Waals surface area (Å²) >= 11 is 9.64. The molecule has 0 amide bonds. The van der Waals surface area contributed by atoms with E-state index in [0.29, 0.717) is 5.41 Å². The minimum absolute atomic E-state index is 0.358. The van der Waals surface area contributed by atoms with Gasteiger partial charge in [0, 0.05) is 35.8 Å². The molecule has 1 aliphatic heterocycles. The molecular formula is C14H19BrClNO. The van der Waals surface area contributed by atoms with Crippen molar-refractivity contribution in [2.24, 2.45) is 5.41 Å². The number of hydrogen-bond acceptors (Lipinski definition) is 2. The molecule has 0 atom stereocenters. The van der Waals surface area contributed by atoms with Gasteiger partial charge in [-0.2, -0.15) is 0 Å². The van der Waals surface area contributed by atoms with Gasteiger partial charge in [0.2, 0.25) is 0 Å². The van der Waals surface area contributed by atoms with Gasteiger partial charge in [-0.1, -0.05) is 34.5 Å². The average Bonchev–Trinajstić information content (AvgIpc) is 2.34. The van der Waals surface area contributed by atoms with Crippen LogP contribution in [0, 0.1) is 5.41 Å². The number of ether oxygens (including phenoxy) is 1. The minimum atomic E-state index is 0.358. The number of hydrogen-bond donors (Lipinski definition) is 1. The summed E-state index contributed by atoms with van der Waals surface area (Å²) in [6.07, 6.45) is 2.26. The maximum absolute atomic E-state index is 6.17. The van der Waals surface area contributed by atoms with Crippen LogP contribution in [0.3, 0.4) is 0 Å². The molecule has 18 heavy (non-hydrogen) atoms. The predicted octanol–water partition coefficient (Wildman–Crippen LogP) is 4.01. The van der Waals surface area contributed by atoms with E-state index in [9.17, 15) is 0 Å². The third-order valence-electron chi connectivity index (χ3n) is 3.57. The largest absolute Gasteiger partial charge is 0.381 e. The van der Waals surface area contributed by atoms with Gasteiger partial charge in [-0.3, -0.25) is 0 Å². The number of rotatable bonds is 4. The maximum atomic E-state index is 6.17. The molecule has 1 aromatic rings. The Morgan fingerprint density at radius 1 is 1.39 bits per heavy atom. The van der Waals surface area contributed by atoms with Gasteiger partial charge in [0.05, 0.1) is 0 Å². The molecule has 4 heteroatoms. The van der Waals surface area contributed by atoms with Crippen LogP contribution in [0.5, 0.6) is 0 Å². The Hall–Kier alpha value is -0.0900. The molecule has 2 rings (SSSR count). The maximum Gasteiger partial charge on any atom is 0.0471 e. The minimum Gasteiger partial charge on any atom is -0.381 e. The summed E-state index contributed by atoms with van der Waals surface area (Å²) in [7, 11) is 0. The van der Waals surface area contributed by atoms with Gasteiger partial charge in [0.15, 0.2) is 0 Å². The molecule has 1 fully saturated rings. The van der Waals surface area contributed by atoms with Crippen LogP contribution in [0.15, 0.2) is 22.7 Å². The molecule has 1 N–H and O–H groups in total. The third-order valence-corrected chi connectivity index (χ3v) is 4.44. The number of nitrogens with one attached hydrogen (secondary N) is 1. The Kier molecular flexibility index (Phi) is 5.07. The molecule has 0 radical (unpaired) electrons. The number of benzene rings is 1. The summed E-state index contributed by atoms with van der Waals surface area (Å²) in [6, 6.07) is 5.96. The van der Waals surface area contributed by atoms with E-state index in [1.165, 1.54) is 0 Å². The van der Waals surface area contributed by atoms with Gasteiger partial charge in [0.25, 0.3) is 0 Å². The van der Waals surface area contributed by atoms with E-state index in [0.717, 1.165) is 54.2 Å². The van der Waals surface area contributed by atoms with Crippen LogP contribution in [-0.4, -0.2) is 19.8 Å². The van der Waals surface area contributed by atoms with Crippen molar-refractivity contribution in [1.82, 2.24) is 5.32 Å². The van der Waals surface area contributed by atoms with Crippen molar-refractivity contribution in [3.8, 4) is 0 Å². The van der Waals surface area contributed by atoms with Gasteiger partial charge in [-0.05, 0) is 42.0 Å². The van der Waals surface area contributed by atoms with E-state index < -0.39 is 0 Å². The molecule has 1 heterocycles. The van der Waals surface area contributed by atoms with Crippen LogP contribution in [0.25, 0.3) is 0 Å². The highest BCUT2D eigenvalue weighted by atomic mass is 79.9. The molecule has 0 bridgehead atoms. The van der Waals surface area contributed by atoms with E-state index in [2.05, 4.69) is 34.2 Å². The molecule has 1 aromatic carbocycles. The number of halogens is 2. The Bertz CT molecular complexity index is 405. The first-order chi connectivity index (χ1) is 8.59. The lowest BCUT2D eigenvalue weighted by molar-refractivity contribution is 0.0240. The van der Waals surface area contributed by atoms with Crippen LogP contribution in [0.2, 0.25) is 5.02 Å². The standard InChI is InChI=1S/C14H19BrClNO/c1-14(4-6-18-7-5-14)10-17-9-11-8-12(15)2-3-13(11)16/h2-3,8,17H,4-7,9-10H2,1H3. The summed E-state index contributed by atoms with van der Waals surface area (Å²) in [5.74, 6) is 0. The Morgan fingerprint density at radius 3 is 2.83 bits per heavy atom. The fraction of sp³-hybridized carbons (Fsp3) is 0.571. The van der Waals surface area contributed by atoms with Crippen molar-refractivity contribution in [3.63, 3.8) is 0 Å². The molecule has 0 unspecified atom stereocenters. The summed E-state index contributed by atoms with van der Waals surface area (Å²) in [5.41, 5.74) is 1.50. The Morgan fingerprint density at radius 2 is 2.11 bits per heavy atom. The smallest absolute Gasteiger partial charge is 0.0471 e. The monoisotopic (exact) mass is 331 g/mol. The Labute approximate surface area is 122 Å². The lowest BCUT2D eigenvalue weighted by Gasteiger charge is -2.33. The van der Waals surface area contributed by atoms with Crippen molar-refractivity contribution >= 4 is 27.5 Å². The van der Waals surface area contributed by atoms with Gasteiger partial charge < -0.3 is 10.1 Å². The molecule has 0 saturated carbocycles. The second kappa shape index (κ2) is 6.38. The van der Waals surface area contributed by atoms with Crippen LogP contribution in [0.1, 0.15) is 25.3 Å². The first-order valence-electron chi connectivity index (χ1n) is 6.31. The van der Waals surface area contributed by atoms with Crippen molar-refractivity contribution < 1.29 is 4.74 Å². The topological polar surface area (TPSA) is 21.3 Å². The van der Waals surface area contributed by atoms with E-state index in [4.69, 9.17) is 16.3 Å². The molecule has 0 spiro atoms. The summed E-state index contributed by atoms with van der Waals surface area (Å²) in [4.78, 5) is 0. The lowest BCUT2D eigenvalue weighted by Crippen LogP contribution is -2.36. The zero-order valence-corrected chi connectivity index (χ0v) is 13.0. The van der Waals surface area contributed by atoms with Crippen LogP contribution >= 0.6 is 27.5 Å². The van der Waals surface area contributed by atoms with Crippen molar-refractivity contribution in [2.45, 2.75) is 26.3 Å². The highest BCUT2D eigenvalue weighted by Gasteiger charge is 2.26. The van der Waals surface area contributed by atoms with Crippen molar-refractivity contribution in [2.75, 3.05) is 19.8 Å². The molecule has 0 aromatic heterocycles. The molecule has 0 aliphatic carbocycles. The third kappa shape index (κ3) is 3.95. The zero-order valence-electron chi connectivity index (χ0n) is 10.6. The van der Waals surface area contributed by atoms with Gasteiger partial charge in [-0.25, -0.2) is 0 Å².